The van der Waals surface area contributed by atoms with Crippen LogP contribution in [-0.4, -0.2) is 25.1 Å². The summed E-state index contributed by atoms with van der Waals surface area (Å²) in [7, 11) is 0.801. The second-order valence-corrected chi connectivity index (χ2v) is 3.04. The minimum atomic E-state index is -0.422. The van der Waals surface area contributed by atoms with Crippen molar-refractivity contribution >= 4 is 12.8 Å². The molecule has 0 radical (unpaired) electrons. The van der Waals surface area contributed by atoms with Gasteiger partial charge >= 0.3 is 87.1 Å². The molecular formula is C9H11BN2O3. The van der Waals surface area contributed by atoms with Gasteiger partial charge in [-0.1, -0.05) is 0 Å². The number of rotatable bonds is 6. The van der Waals surface area contributed by atoms with Crippen LogP contribution in [0.1, 0.15) is 5.56 Å². The summed E-state index contributed by atoms with van der Waals surface area (Å²) in [5.41, 5.74) is 1.11. The molecule has 0 saturated carbocycles. The molecule has 1 aromatic rings. The maximum absolute atomic E-state index is 10.4. The van der Waals surface area contributed by atoms with E-state index in [0.29, 0.717) is 13.0 Å². The molecule has 1 rings (SSSR count). The number of hydrogen-bond acceptors (Lipinski definition) is 4. The number of non-ortho nitro benzene ring substituents is 1. The van der Waals surface area contributed by atoms with Crippen molar-refractivity contribution in [2.24, 2.45) is 0 Å². The van der Waals surface area contributed by atoms with E-state index in [1.807, 2.05) is 0 Å². The van der Waals surface area contributed by atoms with E-state index in [9.17, 15) is 14.8 Å². The van der Waals surface area contributed by atoms with Gasteiger partial charge in [0.2, 0.25) is 0 Å². The zero-order valence-electron chi connectivity index (χ0n) is 8.18. The molecule has 0 unspecified atom stereocenters. The fourth-order valence-electron chi connectivity index (χ4n) is 1.18. The number of nitrogens with zero attached hydrogens (tertiary/aromatic N) is 1. The first-order chi connectivity index (χ1) is 7.24. The van der Waals surface area contributed by atoms with E-state index in [2.05, 4.69) is 5.32 Å². The van der Waals surface area contributed by atoms with Crippen LogP contribution in [0.15, 0.2) is 24.3 Å². The molecule has 5 nitrogen and oxygen atoms in total. The Morgan fingerprint density at radius 3 is 2.53 bits per heavy atom. The van der Waals surface area contributed by atoms with Gasteiger partial charge in [0, 0.05) is 0 Å². The third kappa shape index (κ3) is 3.99. The Hall–Kier alpha value is -1.56. The topological polar surface area (TPSA) is 72.2 Å². The van der Waals surface area contributed by atoms with Crippen LogP contribution in [0.3, 0.4) is 0 Å². The standard InChI is InChI=1S/C9H11BN2O3/c13-10-7-11-6-5-8-1-3-9(4-2-8)12(14)15/h1-4,11H,5-7H2. The van der Waals surface area contributed by atoms with Crippen LogP contribution in [0.25, 0.3) is 0 Å². The average Bonchev–Trinajstić information content (AvgIpc) is 2.25. The van der Waals surface area contributed by atoms with Crippen LogP contribution in [0, 0.1) is 10.1 Å². The van der Waals surface area contributed by atoms with E-state index in [1.54, 1.807) is 12.1 Å². The fourth-order valence-corrected chi connectivity index (χ4v) is 1.18. The monoisotopic (exact) mass is 206 g/mol. The predicted molar refractivity (Wildman–Crippen MR) is 56.1 cm³/mol. The molecule has 15 heavy (non-hydrogen) atoms. The Morgan fingerprint density at radius 2 is 2.00 bits per heavy atom. The van der Waals surface area contributed by atoms with Gasteiger partial charge in [0.05, 0.1) is 0 Å². The van der Waals surface area contributed by atoms with Crippen molar-refractivity contribution in [2.75, 3.05) is 13.0 Å². The third-order valence-corrected chi connectivity index (χ3v) is 1.97. The van der Waals surface area contributed by atoms with Crippen molar-refractivity contribution in [1.82, 2.24) is 5.32 Å². The molecule has 6 heteroatoms. The molecule has 0 atom stereocenters. The summed E-state index contributed by atoms with van der Waals surface area (Å²) in [6, 6.07) is 6.41. The molecule has 0 bridgehead atoms. The molecule has 1 N–H and O–H groups in total. The van der Waals surface area contributed by atoms with Crippen molar-refractivity contribution in [3.8, 4) is 0 Å². The zero-order chi connectivity index (χ0) is 11.1. The summed E-state index contributed by atoms with van der Waals surface area (Å²) in [6.07, 6.45) is 1.10. The SMILES string of the molecule is O=BCNCCc1ccc([N+](=O)[O-])cc1. The molecule has 0 spiro atoms. The van der Waals surface area contributed by atoms with Gasteiger partial charge in [0.25, 0.3) is 0 Å². The number of nitro groups is 1. The van der Waals surface area contributed by atoms with E-state index in [0.717, 1.165) is 19.1 Å². The normalized spacial score (nSPS) is 9.60. The molecule has 0 aliphatic heterocycles. The summed E-state index contributed by atoms with van der Waals surface area (Å²) in [5, 5.41) is 13.3. The molecule has 0 aromatic heterocycles. The second kappa shape index (κ2) is 6.03. The van der Waals surface area contributed by atoms with Crippen molar-refractivity contribution < 1.29 is 9.63 Å². The molecule has 0 saturated heterocycles. The third-order valence-electron chi connectivity index (χ3n) is 1.97. The first-order valence-corrected chi connectivity index (χ1v) is 4.61. The fraction of sp³-hybridized carbons (Fsp3) is 0.333. The van der Waals surface area contributed by atoms with Crippen LogP contribution in [-0.2, 0) is 11.1 Å². The Kier molecular flexibility index (Phi) is 4.63. The minimum absolute atomic E-state index is 0.0969. The number of nitrogens with one attached hydrogen (secondary N) is 1. The molecule has 1 aromatic carbocycles. The summed E-state index contributed by atoms with van der Waals surface area (Å²) >= 11 is 0. The van der Waals surface area contributed by atoms with Gasteiger partial charge in [0.1, 0.15) is 0 Å². The van der Waals surface area contributed by atoms with Gasteiger partial charge < -0.3 is 0 Å². The van der Waals surface area contributed by atoms with E-state index >= 15 is 0 Å². The van der Waals surface area contributed by atoms with Gasteiger partial charge in [0.15, 0.2) is 0 Å². The molecular weight excluding hydrogens is 195 g/mol. The second-order valence-electron chi connectivity index (χ2n) is 3.04. The van der Waals surface area contributed by atoms with Gasteiger partial charge in [-0.2, -0.15) is 0 Å². The van der Waals surface area contributed by atoms with Crippen molar-refractivity contribution in [2.45, 2.75) is 6.42 Å². The van der Waals surface area contributed by atoms with Crippen LogP contribution in [0.5, 0.6) is 0 Å². The van der Waals surface area contributed by atoms with Crippen LogP contribution >= 0.6 is 0 Å². The first-order valence-electron chi connectivity index (χ1n) is 4.61. The summed E-state index contributed by atoms with van der Waals surface area (Å²) in [4.78, 5) is 9.94. The summed E-state index contributed by atoms with van der Waals surface area (Å²) in [6.45, 7) is 0.691. The van der Waals surface area contributed by atoms with Crippen molar-refractivity contribution in [3.63, 3.8) is 0 Å². The van der Waals surface area contributed by atoms with Gasteiger partial charge in [-0.05, 0) is 0 Å². The first kappa shape index (κ1) is 11.5. The predicted octanol–water partition coefficient (Wildman–Crippen LogP) is 0.734. The quantitative estimate of drug-likeness (QED) is 0.322. The Balaban J connectivity index is 2.42. The molecule has 0 fully saturated rings. The van der Waals surface area contributed by atoms with Gasteiger partial charge in [-0.25, -0.2) is 0 Å². The summed E-state index contributed by atoms with van der Waals surface area (Å²) < 4.78 is 10.00. The molecule has 78 valence electrons. The van der Waals surface area contributed by atoms with E-state index in [-0.39, 0.29) is 5.69 Å². The number of nitro benzene ring substituents is 1. The van der Waals surface area contributed by atoms with Crippen molar-refractivity contribution in [1.29, 1.82) is 0 Å². The number of hydrogen-bond donors (Lipinski definition) is 1. The Labute approximate surface area is 87.9 Å². The number of benzene rings is 1. The summed E-state index contributed by atoms with van der Waals surface area (Å²) in [5.74, 6) is 0. The van der Waals surface area contributed by atoms with E-state index < -0.39 is 4.92 Å². The molecule has 0 aliphatic carbocycles. The van der Waals surface area contributed by atoms with Crippen molar-refractivity contribution in [3.05, 3.63) is 39.9 Å². The van der Waals surface area contributed by atoms with Gasteiger partial charge in [-0.3, -0.25) is 0 Å². The Morgan fingerprint density at radius 1 is 1.33 bits per heavy atom. The molecule has 0 aliphatic rings. The molecule has 0 heterocycles. The van der Waals surface area contributed by atoms with E-state index in [4.69, 9.17) is 0 Å². The van der Waals surface area contributed by atoms with E-state index in [1.165, 1.54) is 12.1 Å². The van der Waals surface area contributed by atoms with Crippen LogP contribution < -0.4 is 5.32 Å². The Bertz CT molecular complexity index is 340. The zero-order valence-corrected chi connectivity index (χ0v) is 8.18. The van der Waals surface area contributed by atoms with Crippen LogP contribution in [0.2, 0.25) is 0 Å². The average molecular weight is 206 g/mol. The molecule has 0 amide bonds. The maximum atomic E-state index is 10.4. The van der Waals surface area contributed by atoms with Crippen LogP contribution in [0.4, 0.5) is 5.69 Å². The van der Waals surface area contributed by atoms with Gasteiger partial charge in [-0.15, -0.1) is 0 Å².